The van der Waals surface area contributed by atoms with E-state index in [-0.39, 0.29) is 25.5 Å². The first-order valence-electron chi connectivity index (χ1n) is 5.28. The molecule has 7 nitrogen and oxygen atoms in total. The van der Waals surface area contributed by atoms with E-state index in [0.29, 0.717) is 6.54 Å². The van der Waals surface area contributed by atoms with Crippen LogP contribution in [0.25, 0.3) is 0 Å². The minimum atomic E-state index is -1.08. The van der Waals surface area contributed by atoms with E-state index >= 15 is 0 Å². The second-order valence-electron chi connectivity index (χ2n) is 3.67. The van der Waals surface area contributed by atoms with Gasteiger partial charge in [0.05, 0.1) is 13.1 Å². The van der Waals surface area contributed by atoms with Crippen LogP contribution in [0.1, 0.15) is 6.92 Å². The number of carboxylic acids is 1. The van der Waals surface area contributed by atoms with Crippen molar-refractivity contribution in [1.29, 1.82) is 0 Å². The molecule has 0 aliphatic carbocycles. The van der Waals surface area contributed by atoms with Crippen LogP contribution in [-0.4, -0.2) is 73.0 Å². The summed E-state index contributed by atoms with van der Waals surface area (Å²) in [5.41, 5.74) is 0. The number of nitrogens with zero attached hydrogens (tertiary/aromatic N) is 2. The fraction of sp³-hybridized carbons (Fsp3) is 0.700. The van der Waals surface area contributed by atoms with E-state index in [0.717, 1.165) is 4.90 Å². The van der Waals surface area contributed by atoms with Crippen LogP contribution in [0.4, 0.5) is 0 Å². The molecule has 0 atom stereocenters. The summed E-state index contributed by atoms with van der Waals surface area (Å²) in [6.45, 7) is 2.23. The highest BCUT2D eigenvalue weighted by molar-refractivity contribution is 5.87. The Morgan fingerprint density at radius 2 is 1.59 bits per heavy atom. The smallest absolute Gasteiger partial charge is 0.323 e. The Morgan fingerprint density at radius 3 is 2.06 bits per heavy atom. The van der Waals surface area contributed by atoms with Crippen LogP contribution >= 0.6 is 0 Å². The maximum atomic E-state index is 11.5. The number of hydrogen-bond acceptors (Lipinski definition) is 4. The highest BCUT2D eigenvalue weighted by atomic mass is 16.4. The van der Waals surface area contributed by atoms with Crippen molar-refractivity contribution in [2.24, 2.45) is 0 Å². The SMILES string of the molecule is CCNCC(=O)N(C)CC(=O)N(C)CC(=O)O. The average molecular weight is 245 g/mol. The number of aliphatic carboxylic acids is 1. The highest BCUT2D eigenvalue weighted by Gasteiger charge is 2.16. The van der Waals surface area contributed by atoms with Crippen LogP contribution in [0.15, 0.2) is 0 Å². The molecule has 0 heterocycles. The molecule has 0 bridgehead atoms. The van der Waals surface area contributed by atoms with Gasteiger partial charge in [-0.3, -0.25) is 14.4 Å². The number of hydrogen-bond donors (Lipinski definition) is 2. The molecule has 2 N–H and O–H groups in total. The van der Waals surface area contributed by atoms with Gasteiger partial charge in [0, 0.05) is 14.1 Å². The fourth-order valence-electron chi connectivity index (χ4n) is 1.07. The summed E-state index contributed by atoms with van der Waals surface area (Å²) in [5.74, 6) is -1.69. The van der Waals surface area contributed by atoms with Gasteiger partial charge >= 0.3 is 5.97 Å². The summed E-state index contributed by atoms with van der Waals surface area (Å²) in [6, 6.07) is 0. The zero-order valence-electron chi connectivity index (χ0n) is 10.4. The van der Waals surface area contributed by atoms with Crippen LogP contribution < -0.4 is 5.32 Å². The van der Waals surface area contributed by atoms with Crippen LogP contribution in [0.2, 0.25) is 0 Å². The second-order valence-corrected chi connectivity index (χ2v) is 3.67. The number of rotatable bonds is 7. The lowest BCUT2D eigenvalue weighted by molar-refractivity contribution is -0.145. The van der Waals surface area contributed by atoms with Crippen molar-refractivity contribution in [3.63, 3.8) is 0 Å². The second kappa shape index (κ2) is 7.61. The number of carbonyl (C=O) groups is 3. The Balaban J connectivity index is 4.10. The molecule has 0 spiro atoms. The van der Waals surface area contributed by atoms with Crippen molar-refractivity contribution >= 4 is 17.8 Å². The van der Waals surface area contributed by atoms with E-state index in [1.165, 1.54) is 19.0 Å². The summed E-state index contributed by atoms with van der Waals surface area (Å²) in [6.07, 6.45) is 0. The fourth-order valence-corrected chi connectivity index (χ4v) is 1.07. The van der Waals surface area contributed by atoms with Crippen molar-refractivity contribution < 1.29 is 19.5 Å². The van der Waals surface area contributed by atoms with Crippen LogP contribution in [-0.2, 0) is 14.4 Å². The summed E-state index contributed by atoms with van der Waals surface area (Å²) in [5, 5.41) is 11.4. The quantitative estimate of drug-likeness (QED) is 0.575. The third kappa shape index (κ3) is 6.52. The van der Waals surface area contributed by atoms with Crippen LogP contribution in [0, 0.1) is 0 Å². The molecule has 0 saturated heterocycles. The maximum Gasteiger partial charge on any atom is 0.323 e. The zero-order chi connectivity index (χ0) is 13.4. The van der Waals surface area contributed by atoms with E-state index < -0.39 is 11.9 Å². The predicted octanol–water partition coefficient (Wildman–Crippen LogP) is -1.40. The number of amides is 2. The average Bonchev–Trinajstić information content (AvgIpc) is 2.24. The third-order valence-corrected chi connectivity index (χ3v) is 2.12. The Morgan fingerprint density at radius 1 is 1.06 bits per heavy atom. The lowest BCUT2D eigenvalue weighted by atomic mass is 10.4. The van der Waals surface area contributed by atoms with Gasteiger partial charge in [0.15, 0.2) is 0 Å². The lowest BCUT2D eigenvalue weighted by Crippen LogP contribution is -2.43. The van der Waals surface area contributed by atoms with Gasteiger partial charge in [0.25, 0.3) is 0 Å². The van der Waals surface area contributed by atoms with E-state index in [4.69, 9.17) is 5.11 Å². The lowest BCUT2D eigenvalue weighted by Gasteiger charge is -2.20. The number of carboxylic acid groups (broad SMARTS) is 1. The summed E-state index contributed by atoms with van der Waals surface area (Å²) >= 11 is 0. The minimum Gasteiger partial charge on any atom is -0.480 e. The Bertz CT molecular complexity index is 293. The Hall–Kier alpha value is -1.63. The predicted molar refractivity (Wildman–Crippen MR) is 61.5 cm³/mol. The topological polar surface area (TPSA) is 90.0 Å². The number of carbonyl (C=O) groups excluding carboxylic acids is 2. The van der Waals surface area contributed by atoms with E-state index in [1.54, 1.807) is 0 Å². The molecule has 0 aromatic heterocycles. The normalized spacial score (nSPS) is 9.82. The molecule has 0 unspecified atom stereocenters. The van der Waals surface area contributed by atoms with Gasteiger partial charge in [0.2, 0.25) is 11.8 Å². The van der Waals surface area contributed by atoms with Gasteiger partial charge in [-0.15, -0.1) is 0 Å². The molecule has 2 amide bonds. The molecule has 0 aliphatic rings. The molecule has 0 rings (SSSR count). The monoisotopic (exact) mass is 245 g/mol. The third-order valence-electron chi connectivity index (χ3n) is 2.12. The molecular formula is C10H19N3O4. The molecule has 0 aromatic carbocycles. The van der Waals surface area contributed by atoms with E-state index in [1.807, 2.05) is 6.92 Å². The number of nitrogens with one attached hydrogen (secondary N) is 1. The first-order chi connectivity index (χ1) is 7.88. The summed E-state index contributed by atoms with van der Waals surface area (Å²) in [7, 11) is 2.89. The Kier molecular flexibility index (Phi) is 6.88. The van der Waals surface area contributed by atoms with Gasteiger partial charge < -0.3 is 20.2 Å². The minimum absolute atomic E-state index is 0.117. The van der Waals surface area contributed by atoms with Gasteiger partial charge in [-0.25, -0.2) is 0 Å². The van der Waals surface area contributed by atoms with Crippen molar-refractivity contribution in [2.45, 2.75) is 6.92 Å². The Labute approximate surface area is 100 Å². The molecule has 7 heteroatoms. The molecular weight excluding hydrogens is 226 g/mol. The highest BCUT2D eigenvalue weighted by Crippen LogP contribution is 1.90. The first kappa shape index (κ1) is 15.4. The van der Waals surface area contributed by atoms with Crippen molar-refractivity contribution in [3.8, 4) is 0 Å². The largest absolute Gasteiger partial charge is 0.480 e. The molecule has 0 radical (unpaired) electrons. The zero-order valence-corrected chi connectivity index (χ0v) is 10.4. The molecule has 98 valence electrons. The van der Waals surface area contributed by atoms with Crippen molar-refractivity contribution in [3.05, 3.63) is 0 Å². The van der Waals surface area contributed by atoms with Gasteiger partial charge in [-0.2, -0.15) is 0 Å². The van der Waals surface area contributed by atoms with E-state index in [2.05, 4.69) is 5.32 Å². The molecule has 0 saturated carbocycles. The maximum absolute atomic E-state index is 11.5. The summed E-state index contributed by atoms with van der Waals surface area (Å²) < 4.78 is 0. The van der Waals surface area contributed by atoms with Crippen molar-refractivity contribution in [1.82, 2.24) is 15.1 Å². The molecule has 17 heavy (non-hydrogen) atoms. The van der Waals surface area contributed by atoms with Gasteiger partial charge in [-0.05, 0) is 6.54 Å². The van der Waals surface area contributed by atoms with Crippen molar-refractivity contribution in [2.75, 3.05) is 40.3 Å². The van der Waals surface area contributed by atoms with Crippen LogP contribution in [0.3, 0.4) is 0 Å². The molecule has 0 aromatic rings. The van der Waals surface area contributed by atoms with Crippen LogP contribution in [0.5, 0.6) is 0 Å². The standard InChI is InChI=1S/C10H19N3O4/c1-4-11-5-8(14)12(2)6-9(15)13(3)7-10(16)17/h11H,4-7H2,1-3H3,(H,16,17). The van der Waals surface area contributed by atoms with E-state index in [9.17, 15) is 14.4 Å². The molecule has 0 fully saturated rings. The van der Waals surface area contributed by atoms with Gasteiger partial charge in [0.1, 0.15) is 6.54 Å². The first-order valence-corrected chi connectivity index (χ1v) is 5.28. The number of likely N-dealkylation sites (N-methyl/N-ethyl adjacent to an activating group) is 3. The molecule has 0 aliphatic heterocycles. The van der Waals surface area contributed by atoms with Gasteiger partial charge in [-0.1, -0.05) is 6.92 Å². The summed E-state index contributed by atoms with van der Waals surface area (Å²) in [4.78, 5) is 35.7.